The van der Waals surface area contributed by atoms with Crippen LogP contribution in [0.25, 0.3) is 33.7 Å². The molecule has 1 aromatic heterocycles. The van der Waals surface area contributed by atoms with Crippen molar-refractivity contribution >= 4 is 22.7 Å². The van der Waals surface area contributed by atoms with Gasteiger partial charge in [0.15, 0.2) is 5.58 Å². The molecule has 4 aromatic rings. The van der Waals surface area contributed by atoms with Gasteiger partial charge in [-0.2, -0.15) is 0 Å². The van der Waals surface area contributed by atoms with E-state index in [4.69, 9.17) is 16.0 Å². The summed E-state index contributed by atoms with van der Waals surface area (Å²) < 4.78 is 5.73. The van der Waals surface area contributed by atoms with E-state index in [-0.39, 0.29) is 5.75 Å². The highest BCUT2D eigenvalue weighted by Gasteiger charge is 2.09. The first-order valence-corrected chi connectivity index (χ1v) is 7.53. The molecule has 0 saturated carbocycles. The number of halogens is 1. The summed E-state index contributed by atoms with van der Waals surface area (Å²) in [5.41, 5.74) is 4.38. The smallest absolute Gasteiger partial charge is 0.227 e. The van der Waals surface area contributed by atoms with E-state index < -0.39 is 0 Å². The summed E-state index contributed by atoms with van der Waals surface area (Å²) in [6.07, 6.45) is 0. The second-order valence-electron chi connectivity index (χ2n) is 5.26. The Labute approximate surface area is 137 Å². The van der Waals surface area contributed by atoms with E-state index in [1.54, 1.807) is 18.2 Å². The van der Waals surface area contributed by atoms with E-state index in [1.165, 1.54) is 0 Å². The van der Waals surface area contributed by atoms with E-state index in [1.807, 2.05) is 48.5 Å². The van der Waals surface area contributed by atoms with E-state index >= 15 is 0 Å². The standard InChI is InChI=1S/C19H12ClNO2/c20-15-7-5-13(6-8-15)12-1-3-14(4-2-12)19-21-17-11-16(22)9-10-18(17)23-19/h1-11,22H. The van der Waals surface area contributed by atoms with Gasteiger partial charge in [0.25, 0.3) is 0 Å². The average Bonchev–Trinajstić information content (AvgIpc) is 2.99. The number of aromatic nitrogens is 1. The van der Waals surface area contributed by atoms with Gasteiger partial charge in [-0.05, 0) is 47.5 Å². The first-order valence-electron chi connectivity index (χ1n) is 7.15. The Morgan fingerprint density at radius 2 is 1.39 bits per heavy atom. The Hall–Kier alpha value is -2.78. The number of phenolic OH excluding ortho intramolecular Hbond substituents is 1. The van der Waals surface area contributed by atoms with Crippen molar-refractivity contribution in [1.29, 1.82) is 0 Å². The lowest BCUT2D eigenvalue weighted by molar-refractivity contribution is 0.476. The first kappa shape index (κ1) is 13.9. The van der Waals surface area contributed by atoms with Gasteiger partial charge in [-0.1, -0.05) is 35.9 Å². The quantitative estimate of drug-likeness (QED) is 0.528. The maximum atomic E-state index is 9.50. The van der Waals surface area contributed by atoms with Gasteiger partial charge in [0, 0.05) is 16.7 Å². The fourth-order valence-corrected chi connectivity index (χ4v) is 2.61. The zero-order valence-electron chi connectivity index (χ0n) is 12.0. The molecule has 0 unspecified atom stereocenters. The number of aromatic hydroxyl groups is 1. The van der Waals surface area contributed by atoms with Crippen molar-refractivity contribution in [2.45, 2.75) is 0 Å². The maximum Gasteiger partial charge on any atom is 0.227 e. The van der Waals surface area contributed by atoms with Gasteiger partial charge < -0.3 is 9.52 Å². The Morgan fingerprint density at radius 1 is 0.783 bits per heavy atom. The number of phenols is 1. The summed E-state index contributed by atoms with van der Waals surface area (Å²) in [6.45, 7) is 0. The number of hydrogen-bond acceptors (Lipinski definition) is 3. The Balaban J connectivity index is 1.70. The average molecular weight is 322 g/mol. The molecule has 0 radical (unpaired) electrons. The molecule has 112 valence electrons. The number of oxazole rings is 1. The van der Waals surface area contributed by atoms with Gasteiger partial charge in [-0.25, -0.2) is 4.98 Å². The van der Waals surface area contributed by atoms with Crippen molar-refractivity contribution in [3.05, 3.63) is 71.8 Å². The molecule has 0 saturated heterocycles. The van der Waals surface area contributed by atoms with E-state index in [2.05, 4.69) is 4.98 Å². The van der Waals surface area contributed by atoms with Crippen LogP contribution in [0.3, 0.4) is 0 Å². The van der Waals surface area contributed by atoms with Crippen LogP contribution < -0.4 is 0 Å². The molecule has 23 heavy (non-hydrogen) atoms. The third-order valence-electron chi connectivity index (χ3n) is 3.68. The zero-order chi connectivity index (χ0) is 15.8. The molecule has 0 atom stereocenters. The lowest BCUT2D eigenvalue weighted by Gasteiger charge is -2.02. The minimum absolute atomic E-state index is 0.176. The Morgan fingerprint density at radius 3 is 2.09 bits per heavy atom. The van der Waals surface area contributed by atoms with Crippen molar-refractivity contribution in [3.63, 3.8) is 0 Å². The van der Waals surface area contributed by atoms with Crippen LogP contribution in [0.15, 0.2) is 71.1 Å². The Bertz CT molecular complexity index is 973. The molecule has 4 heteroatoms. The van der Waals surface area contributed by atoms with E-state index in [0.717, 1.165) is 21.7 Å². The first-order chi connectivity index (χ1) is 11.2. The van der Waals surface area contributed by atoms with Crippen LogP contribution in [0, 0.1) is 0 Å². The predicted molar refractivity (Wildman–Crippen MR) is 91.6 cm³/mol. The summed E-state index contributed by atoms with van der Waals surface area (Å²) in [4.78, 5) is 4.41. The van der Waals surface area contributed by atoms with Crippen molar-refractivity contribution in [1.82, 2.24) is 4.98 Å². The largest absolute Gasteiger partial charge is 0.508 e. The molecular weight excluding hydrogens is 310 g/mol. The van der Waals surface area contributed by atoms with Crippen LogP contribution in [0.2, 0.25) is 5.02 Å². The zero-order valence-corrected chi connectivity index (χ0v) is 12.8. The second kappa shape index (κ2) is 5.45. The lowest BCUT2D eigenvalue weighted by atomic mass is 10.0. The van der Waals surface area contributed by atoms with Gasteiger partial charge in [0.2, 0.25) is 5.89 Å². The van der Waals surface area contributed by atoms with Crippen LogP contribution in [-0.4, -0.2) is 10.1 Å². The SMILES string of the molecule is Oc1ccc2oc(-c3ccc(-c4ccc(Cl)cc4)cc3)nc2c1. The van der Waals surface area contributed by atoms with Crippen LogP contribution in [0.1, 0.15) is 0 Å². The van der Waals surface area contributed by atoms with Crippen LogP contribution in [0.4, 0.5) is 0 Å². The number of fused-ring (bicyclic) bond motifs is 1. The normalized spacial score (nSPS) is 11.0. The fraction of sp³-hybridized carbons (Fsp3) is 0. The van der Waals surface area contributed by atoms with Gasteiger partial charge >= 0.3 is 0 Å². The highest BCUT2D eigenvalue weighted by molar-refractivity contribution is 6.30. The maximum absolute atomic E-state index is 9.50. The molecule has 0 aliphatic heterocycles. The van der Waals surface area contributed by atoms with Crippen molar-refractivity contribution in [2.75, 3.05) is 0 Å². The van der Waals surface area contributed by atoms with Crippen LogP contribution in [-0.2, 0) is 0 Å². The van der Waals surface area contributed by atoms with Crippen molar-refractivity contribution in [3.8, 4) is 28.3 Å². The minimum atomic E-state index is 0.176. The molecule has 0 aliphatic rings. The summed E-state index contributed by atoms with van der Waals surface area (Å²) in [6, 6.07) is 20.6. The molecule has 0 spiro atoms. The predicted octanol–water partition coefficient (Wildman–Crippen LogP) is 5.52. The highest BCUT2D eigenvalue weighted by atomic mass is 35.5. The van der Waals surface area contributed by atoms with Crippen LogP contribution in [0.5, 0.6) is 5.75 Å². The third-order valence-corrected chi connectivity index (χ3v) is 3.93. The second-order valence-corrected chi connectivity index (χ2v) is 5.69. The summed E-state index contributed by atoms with van der Waals surface area (Å²) in [5.74, 6) is 0.712. The molecule has 0 aliphatic carbocycles. The lowest BCUT2D eigenvalue weighted by Crippen LogP contribution is -1.80. The number of rotatable bonds is 2. The highest BCUT2D eigenvalue weighted by Crippen LogP contribution is 2.28. The number of benzene rings is 3. The molecule has 0 bridgehead atoms. The third kappa shape index (κ3) is 2.67. The summed E-state index contributed by atoms with van der Waals surface area (Å²) in [7, 11) is 0. The van der Waals surface area contributed by atoms with Gasteiger partial charge in [-0.3, -0.25) is 0 Å². The fourth-order valence-electron chi connectivity index (χ4n) is 2.49. The Kier molecular flexibility index (Phi) is 3.28. The molecule has 3 nitrogen and oxygen atoms in total. The minimum Gasteiger partial charge on any atom is -0.508 e. The molecule has 4 rings (SSSR count). The van der Waals surface area contributed by atoms with Gasteiger partial charge in [-0.15, -0.1) is 0 Å². The monoisotopic (exact) mass is 321 g/mol. The summed E-state index contributed by atoms with van der Waals surface area (Å²) >= 11 is 5.92. The molecule has 1 heterocycles. The van der Waals surface area contributed by atoms with Crippen molar-refractivity contribution < 1.29 is 9.52 Å². The molecular formula is C19H12ClNO2. The van der Waals surface area contributed by atoms with E-state index in [0.29, 0.717) is 17.0 Å². The number of hydrogen-bond donors (Lipinski definition) is 1. The van der Waals surface area contributed by atoms with E-state index in [9.17, 15) is 5.11 Å². The van der Waals surface area contributed by atoms with Gasteiger partial charge in [0.05, 0.1) is 0 Å². The molecule has 0 fully saturated rings. The molecule has 0 amide bonds. The molecule has 1 N–H and O–H groups in total. The van der Waals surface area contributed by atoms with Crippen LogP contribution >= 0.6 is 11.6 Å². The molecule has 3 aromatic carbocycles. The van der Waals surface area contributed by atoms with Crippen molar-refractivity contribution in [2.24, 2.45) is 0 Å². The topological polar surface area (TPSA) is 46.3 Å². The van der Waals surface area contributed by atoms with Gasteiger partial charge in [0.1, 0.15) is 11.3 Å². The number of nitrogens with zero attached hydrogens (tertiary/aromatic N) is 1. The summed E-state index contributed by atoms with van der Waals surface area (Å²) in [5, 5.41) is 10.2.